The molecule has 12 nitrogen and oxygen atoms in total. The number of carboxylic acid groups (broad SMARTS) is 2. The van der Waals surface area contributed by atoms with Crippen molar-refractivity contribution in [2.24, 2.45) is 23.7 Å². The minimum Gasteiger partial charge on any atom is -0.481 e. The van der Waals surface area contributed by atoms with E-state index >= 15 is 0 Å². The van der Waals surface area contributed by atoms with Crippen molar-refractivity contribution in [2.45, 2.75) is 51.4 Å². The van der Waals surface area contributed by atoms with E-state index in [9.17, 15) is 48.7 Å². The summed E-state index contributed by atoms with van der Waals surface area (Å²) >= 11 is 1.89. The zero-order chi connectivity index (χ0) is 37.4. The Morgan fingerprint density at radius 3 is 1.31 bits per heavy atom. The average Bonchev–Trinajstić information content (AvgIpc) is 3.75. The van der Waals surface area contributed by atoms with Gasteiger partial charge in [-0.25, -0.2) is 18.7 Å². The lowest BCUT2D eigenvalue weighted by atomic mass is 9.79. The normalized spacial score (nSPS) is 19.5. The van der Waals surface area contributed by atoms with Gasteiger partial charge in [0.15, 0.2) is 10.3 Å². The van der Waals surface area contributed by atoms with E-state index in [2.05, 4.69) is 20.6 Å². The molecule has 0 aliphatic heterocycles. The number of nitrogens with zero attached hydrogens (tertiary/aromatic N) is 4. The minimum atomic E-state index is -0.978. The Labute approximate surface area is 304 Å². The zero-order valence-corrected chi connectivity index (χ0v) is 29.1. The van der Waals surface area contributed by atoms with Crippen LogP contribution in [0.3, 0.4) is 0 Å². The van der Waals surface area contributed by atoms with Crippen LogP contribution in [-0.2, 0) is 19.2 Å². The van der Waals surface area contributed by atoms with Crippen molar-refractivity contribution in [1.82, 2.24) is 9.97 Å². The molecule has 52 heavy (non-hydrogen) atoms. The van der Waals surface area contributed by atoms with Crippen LogP contribution in [0.4, 0.5) is 19.0 Å². The molecule has 16 heteroatoms. The molecule has 2 aliphatic rings. The van der Waals surface area contributed by atoms with Crippen molar-refractivity contribution in [3.8, 4) is 34.7 Å². The summed E-state index contributed by atoms with van der Waals surface area (Å²) in [5, 5.41) is 42.8. The van der Waals surface area contributed by atoms with E-state index in [4.69, 9.17) is 0 Å². The fourth-order valence-electron chi connectivity index (χ4n) is 6.45. The first kappa shape index (κ1) is 37.7. The van der Waals surface area contributed by atoms with Gasteiger partial charge in [0, 0.05) is 11.1 Å². The number of hydrogen-bond donors (Lipinski definition) is 4. The Morgan fingerprint density at radius 1 is 0.635 bits per heavy atom. The molecule has 6 rings (SSSR count). The first-order valence-corrected chi connectivity index (χ1v) is 18.0. The van der Waals surface area contributed by atoms with Gasteiger partial charge < -0.3 is 20.8 Å². The van der Waals surface area contributed by atoms with Gasteiger partial charge in [-0.05, 0) is 49.9 Å². The lowest BCUT2D eigenvalue weighted by Crippen LogP contribution is -2.36. The van der Waals surface area contributed by atoms with Gasteiger partial charge in [-0.2, -0.15) is 10.5 Å². The number of amides is 2. The molecule has 2 aromatic carbocycles. The first-order valence-electron chi connectivity index (χ1n) is 16.4. The number of halogens is 2. The summed E-state index contributed by atoms with van der Waals surface area (Å²) in [6.07, 6.45) is 5.10. The highest BCUT2D eigenvalue weighted by molar-refractivity contribution is 7.17. The highest BCUT2D eigenvalue weighted by atomic mass is 32.1. The number of thiazole rings is 2. The van der Waals surface area contributed by atoms with Crippen LogP contribution >= 0.6 is 22.7 Å². The quantitative estimate of drug-likeness (QED) is 0.141. The predicted molar refractivity (Wildman–Crippen MR) is 188 cm³/mol. The number of nitrogens with one attached hydrogen (secondary N) is 2. The second-order valence-corrected chi connectivity index (χ2v) is 14.2. The number of carbonyl (C=O) groups is 4. The SMILES string of the molecule is N#Cc1sc(NC(=O)[C@@H]2CCCC[C@H]2C(=O)O)nc1-c1ccccc1F.N#Cc1sc(NC(=O)[C@H]2CCCC[C@H]2C(=O)O)nc1-c1ccccc1F. The number of hydrogen-bond acceptors (Lipinski definition) is 10. The van der Waals surface area contributed by atoms with Gasteiger partial charge in [-0.3, -0.25) is 19.2 Å². The molecule has 2 amide bonds. The van der Waals surface area contributed by atoms with E-state index in [1.54, 1.807) is 12.1 Å². The van der Waals surface area contributed by atoms with Crippen LogP contribution in [0.25, 0.3) is 22.5 Å². The molecule has 2 aliphatic carbocycles. The number of benzene rings is 2. The molecular formula is C36H32F2N6O6S2. The summed E-state index contributed by atoms with van der Waals surface area (Å²) < 4.78 is 28.0. The van der Waals surface area contributed by atoms with E-state index in [1.807, 2.05) is 12.1 Å². The summed E-state index contributed by atoms with van der Waals surface area (Å²) in [7, 11) is 0. The number of carboxylic acids is 2. The molecule has 268 valence electrons. The summed E-state index contributed by atoms with van der Waals surface area (Å²) in [4.78, 5) is 56.6. The zero-order valence-electron chi connectivity index (χ0n) is 27.5. The maximum atomic E-state index is 14.0. The topological polar surface area (TPSA) is 206 Å². The molecule has 0 unspecified atom stereocenters. The third kappa shape index (κ3) is 8.65. The molecular weight excluding hydrogens is 715 g/mol. The van der Waals surface area contributed by atoms with Crippen LogP contribution in [0.1, 0.15) is 61.1 Å². The number of aromatic nitrogens is 2. The highest BCUT2D eigenvalue weighted by Crippen LogP contribution is 2.36. The first-order chi connectivity index (χ1) is 25.0. The molecule has 2 aromatic heterocycles. The Kier molecular flexibility index (Phi) is 12.4. The molecule has 0 spiro atoms. The molecule has 2 heterocycles. The molecule has 0 bridgehead atoms. The molecule has 4 atom stereocenters. The maximum Gasteiger partial charge on any atom is 0.307 e. The largest absolute Gasteiger partial charge is 0.481 e. The van der Waals surface area contributed by atoms with Gasteiger partial charge >= 0.3 is 11.9 Å². The number of carbonyl (C=O) groups excluding carboxylic acids is 2. The van der Waals surface area contributed by atoms with Crippen molar-refractivity contribution < 1.29 is 38.2 Å². The van der Waals surface area contributed by atoms with Crippen molar-refractivity contribution in [3.63, 3.8) is 0 Å². The van der Waals surface area contributed by atoms with Gasteiger partial charge in [0.1, 0.15) is 44.9 Å². The monoisotopic (exact) mass is 746 g/mol. The number of rotatable bonds is 8. The average molecular weight is 747 g/mol. The Balaban J connectivity index is 0.000000201. The second kappa shape index (κ2) is 17.1. The van der Waals surface area contributed by atoms with Crippen molar-refractivity contribution in [3.05, 3.63) is 69.9 Å². The minimum absolute atomic E-state index is 0.166. The molecule has 2 fully saturated rings. The number of anilines is 2. The smallest absolute Gasteiger partial charge is 0.307 e. The predicted octanol–water partition coefficient (Wildman–Crippen LogP) is 7.30. The van der Waals surface area contributed by atoms with Gasteiger partial charge in [0.25, 0.3) is 0 Å². The maximum absolute atomic E-state index is 14.0. The van der Waals surface area contributed by atoms with Crippen LogP contribution in [0.2, 0.25) is 0 Å². The van der Waals surface area contributed by atoms with Crippen molar-refractivity contribution in [2.75, 3.05) is 10.6 Å². The van der Waals surface area contributed by atoms with Crippen molar-refractivity contribution in [1.29, 1.82) is 10.5 Å². The molecule has 2 saturated carbocycles. The fraction of sp³-hybridized carbons (Fsp3) is 0.333. The standard InChI is InChI=1S/2C18H16FN3O3S/c2*19-13-8-4-3-7-12(13)15-14(9-20)26-18(21-15)22-16(23)10-5-1-2-6-11(10)17(24)25/h2*3-4,7-8,10-11H,1-2,5-6H2,(H,24,25)(H,21,22,23)/t10-,11+;10-,11-/m01/s1. The summed E-state index contributed by atoms with van der Waals surface area (Å²) in [5.41, 5.74) is 0.706. The van der Waals surface area contributed by atoms with Gasteiger partial charge in [-0.1, -0.05) is 72.6 Å². The van der Waals surface area contributed by atoms with Crippen LogP contribution in [0, 0.1) is 58.0 Å². The fourth-order valence-corrected chi connectivity index (χ4v) is 8.01. The van der Waals surface area contributed by atoms with E-state index in [1.165, 1.54) is 36.4 Å². The lowest BCUT2D eigenvalue weighted by Gasteiger charge is -2.26. The van der Waals surface area contributed by atoms with Gasteiger partial charge in [-0.15, -0.1) is 0 Å². The van der Waals surface area contributed by atoms with E-state index in [0.29, 0.717) is 25.7 Å². The Bertz CT molecular complexity index is 1930. The van der Waals surface area contributed by atoms with E-state index < -0.39 is 59.1 Å². The third-order valence-corrected chi connectivity index (χ3v) is 10.8. The molecule has 4 N–H and O–H groups in total. The van der Waals surface area contributed by atoms with Crippen LogP contribution < -0.4 is 10.6 Å². The third-order valence-electron chi connectivity index (χ3n) is 9.02. The summed E-state index contributed by atoms with van der Waals surface area (Å²) in [6.45, 7) is 0. The van der Waals surface area contributed by atoms with Crippen LogP contribution in [0.15, 0.2) is 48.5 Å². The van der Waals surface area contributed by atoms with E-state index in [-0.39, 0.29) is 42.5 Å². The van der Waals surface area contributed by atoms with Gasteiger partial charge in [0.05, 0.1) is 23.7 Å². The summed E-state index contributed by atoms with van der Waals surface area (Å²) in [6, 6.07) is 15.8. The lowest BCUT2D eigenvalue weighted by molar-refractivity contribution is -0.148. The molecule has 0 saturated heterocycles. The molecule has 4 aromatic rings. The van der Waals surface area contributed by atoms with Crippen molar-refractivity contribution >= 4 is 56.7 Å². The number of nitriles is 2. The Morgan fingerprint density at radius 2 is 0.981 bits per heavy atom. The molecule has 0 radical (unpaired) electrons. The number of aliphatic carboxylic acids is 2. The van der Waals surface area contributed by atoms with Crippen LogP contribution in [0.5, 0.6) is 0 Å². The second-order valence-electron chi connectivity index (χ2n) is 12.2. The Hall–Kier alpha value is -5.58. The highest BCUT2D eigenvalue weighted by Gasteiger charge is 2.37. The summed E-state index contributed by atoms with van der Waals surface area (Å²) in [5.74, 6) is -6.51. The van der Waals surface area contributed by atoms with Crippen LogP contribution in [-0.4, -0.2) is 43.9 Å². The van der Waals surface area contributed by atoms with E-state index in [0.717, 1.165) is 48.4 Å². The van der Waals surface area contributed by atoms with Gasteiger partial charge in [0.2, 0.25) is 11.8 Å².